The number of hydrogen-bond acceptors (Lipinski definition) is 4. The number of primary amides is 4. The Balaban J connectivity index is 0.000000125. The summed E-state index contributed by atoms with van der Waals surface area (Å²) >= 11 is 24.7. The molecule has 8 N–H and O–H groups in total. The van der Waals surface area contributed by atoms with Gasteiger partial charge in [-0.25, -0.2) is 0 Å². The zero-order valence-electron chi connectivity index (χ0n) is 46.3. The van der Waals surface area contributed by atoms with E-state index < -0.39 is 0 Å². The van der Waals surface area contributed by atoms with Crippen LogP contribution in [0.3, 0.4) is 0 Å². The minimum Gasteiger partial charge on any atom is -0.369 e. The molecule has 4 amide bonds. The number of aryl methyl sites for hydroxylation is 2. The van der Waals surface area contributed by atoms with Crippen LogP contribution in [0.4, 0.5) is 0 Å². The fraction of sp³-hybridized carbons (Fsp3) is 0.400. The lowest BCUT2D eigenvalue weighted by molar-refractivity contribution is -0.121. The molecule has 72 heavy (non-hydrogen) atoms. The maximum Gasteiger partial charge on any atom is 0.224 e. The number of allylic oxidation sites excluding steroid dienone is 4. The first-order chi connectivity index (χ1) is 36.4. The first kappa shape index (κ1) is 45.5. The van der Waals surface area contributed by atoms with Gasteiger partial charge in [0.1, 0.15) is 0 Å². The van der Waals surface area contributed by atoms with Crippen molar-refractivity contribution in [2.75, 3.05) is 0 Å². The van der Waals surface area contributed by atoms with Gasteiger partial charge in [0.05, 0.1) is 30.5 Å². The van der Waals surface area contributed by atoms with Crippen molar-refractivity contribution >= 4 is 92.3 Å². The van der Waals surface area contributed by atoms with Crippen molar-refractivity contribution in [1.82, 2.24) is 0 Å². The summed E-state index contributed by atoms with van der Waals surface area (Å²) in [5.41, 5.74) is 42.4. The Morgan fingerprint density at radius 1 is 0.431 bits per heavy atom. The normalized spacial score (nSPS) is 22.8. The van der Waals surface area contributed by atoms with Crippen LogP contribution in [-0.4, -0.2) is 23.6 Å². The van der Waals surface area contributed by atoms with E-state index in [4.69, 9.17) is 76.2 Å². The summed E-state index contributed by atoms with van der Waals surface area (Å²) in [5.74, 6) is -1.74. The van der Waals surface area contributed by atoms with Crippen molar-refractivity contribution in [3.8, 4) is 0 Å². The summed E-state index contributed by atoms with van der Waals surface area (Å²) in [5, 5.41) is 2.00. The van der Waals surface area contributed by atoms with E-state index in [1.54, 1.807) is 6.92 Å². The molecule has 12 heteroatoms. The number of nitrogens with two attached hydrogens (primary N) is 4. The summed E-state index contributed by atoms with van der Waals surface area (Å²) in [6.45, 7) is 7.57. The minimum absolute atomic E-state index is 0.158. The average molecular weight is 1050 g/mol. The van der Waals surface area contributed by atoms with E-state index in [0.717, 1.165) is 190 Å². The van der Waals surface area contributed by atoms with Crippen LogP contribution in [0.2, 0.25) is 20.1 Å². The molecule has 0 fully saturated rings. The van der Waals surface area contributed by atoms with Crippen LogP contribution in [0.1, 0.15) is 151 Å². The third-order valence-corrected chi connectivity index (χ3v) is 17.5. The number of hydrogen-bond donors (Lipinski definition) is 4. The van der Waals surface area contributed by atoms with Gasteiger partial charge in [0.2, 0.25) is 23.6 Å². The second-order valence-corrected chi connectivity index (χ2v) is 22.2. The smallest absolute Gasteiger partial charge is 0.224 e. The Kier molecular flexibility index (Phi) is 13.3. The van der Waals surface area contributed by atoms with E-state index in [2.05, 4.69) is 0 Å². The first-order valence-corrected chi connectivity index (χ1v) is 26.7. The first-order valence-electron chi connectivity index (χ1n) is 27.6. The van der Waals surface area contributed by atoms with Crippen LogP contribution in [0, 0.1) is 51.4 Å². The van der Waals surface area contributed by atoms with Crippen molar-refractivity contribution in [3.63, 3.8) is 0 Å². The second-order valence-electron chi connectivity index (χ2n) is 20.6. The SMILES string of the molecule is [2H]c1c(C)c(Cl)c([2H])c2c1CC1=C2CCCC1C(N)=O.[2H]c1c(C)c(Cl)cc2c1CC1=C2CCCC1C(N)=O.[2H]c1c(Cl)c(C)cc2c1C1=C(C2)C(C(N)=O)CCC1.[2H]c1c(Cl)cc(C)c2c1C1=C(C2)C(C(N)=O)CCC1. The Morgan fingerprint density at radius 2 is 0.806 bits per heavy atom. The zero-order chi connectivity index (χ0) is 55.8. The summed E-state index contributed by atoms with van der Waals surface area (Å²) in [4.78, 5) is 46.4. The lowest BCUT2D eigenvalue weighted by Gasteiger charge is -2.22. The van der Waals surface area contributed by atoms with Gasteiger partial charge in [-0.15, -0.1) is 0 Å². The minimum atomic E-state index is -0.300. The van der Waals surface area contributed by atoms with E-state index in [9.17, 15) is 19.2 Å². The highest BCUT2D eigenvalue weighted by atomic mass is 35.5. The fourth-order valence-corrected chi connectivity index (χ4v) is 13.3. The molecule has 0 radical (unpaired) electrons. The summed E-state index contributed by atoms with van der Waals surface area (Å²) < 4.78 is 41.1. The highest BCUT2D eigenvalue weighted by molar-refractivity contribution is 6.32. The number of amides is 4. The largest absolute Gasteiger partial charge is 0.369 e. The molecular formula is C60H64Cl4N4O4. The van der Waals surface area contributed by atoms with Gasteiger partial charge in [0.15, 0.2) is 0 Å². The highest BCUT2D eigenvalue weighted by Crippen LogP contribution is 2.49. The van der Waals surface area contributed by atoms with Crippen LogP contribution in [0.15, 0.2) is 70.7 Å². The van der Waals surface area contributed by atoms with Gasteiger partial charge in [-0.1, -0.05) is 64.6 Å². The number of carbonyl (C=O) groups is 4. The predicted octanol–water partition coefficient (Wildman–Crippen LogP) is 13.0. The topological polar surface area (TPSA) is 172 Å². The number of carbonyl (C=O) groups excluding carboxylic acids is 4. The maximum absolute atomic E-state index is 11.6. The molecule has 4 atom stereocenters. The molecule has 0 heterocycles. The molecule has 0 spiro atoms. The van der Waals surface area contributed by atoms with Gasteiger partial charge in [-0.05, 0) is 272 Å². The molecule has 0 saturated heterocycles. The van der Waals surface area contributed by atoms with Crippen LogP contribution in [0.5, 0.6) is 0 Å². The molecule has 8 aliphatic rings. The summed E-state index contributed by atoms with van der Waals surface area (Å²) in [7, 11) is 0. The fourth-order valence-electron chi connectivity index (χ4n) is 12.6. The van der Waals surface area contributed by atoms with Crippen molar-refractivity contribution in [3.05, 3.63) is 158 Å². The molecule has 0 bridgehead atoms. The highest BCUT2D eigenvalue weighted by Gasteiger charge is 2.37. The van der Waals surface area contributed by atoms with Crippen LogP contribution < -0.4 is 22.9 Å². The van der Waals surface area contributed by atoms with Gasteiger partial charge in [0.25, 0.3) is 0 Å². The van der Waals surface area contributed by atoms with Crippen molar-refractivity contribution in [2.24, 2.45) is 46.6 Å². The van der Waals surface area contributed by atoms with Gasteiger partial charge in [-0.2, -0.15) is 0 Å². The molecule has 0 saturated carbocycles. The number of halogens is 4. The van der Waals surface area contributed by atoms with E-state index in [0.29, 0.717) is 68.7 Å². The average Bonchev–Trinajstić information content (AvgIpc) is 4.19. The van der Waals surface area contributed by atoms with Gasteiger partial charge >= 0.3 is 0 Å². The Labute approximate surface area is 450 Å². The monoisotopic (exact) mass is 1050 g/mol. The van der Waals surface area contributed by atoms with E-state index >= 15 is 0 Å². The lowest BCUT2D eigenvalue weighted by atomic mass is 9.82. The molecule has 4 aromatic rings. The molecule has 8 nitrogen and oxygen atoms in total. The standard InChI is InChI=1S/4C15H16ClNO/c3*1-8-5-9-6-13-10(12(9)7-14(8)16)3-2-4-11(13)15(17)18;1-8-5-9(16)6-13-10-3-2-4-11(15(17)18)14(10)7-12(8)13/h3*5,7,11H,2-4,6H2,1H3,(H2,17,18);5-6,11H,2-4,7H2,1H3,(H2,17,18)/i5D,7D;7D;5D;6D. The lowest BCUT2D eigenvalue weighted by Crippen LogP contribution is -2.27. The Hall–Kier alpha value is -5.12. The van der Waals surface area contributed by atoms with Crippen molar-refractivity contribution in [2.45, 2.75) is 130 Å². The van der Waals surface area contributed by atoms with Crippen LogP contribution in [-0.2, 0) is 44.9 Å². The summed E-state index contributed by atoms with van der Waals surface area (Å²) in [6, 6.07) is 7.87. The quantitative estimate of drug-likeness (QED) is 0.159. The molecule has 12 rings (SSSR count). The Bertz CT molecular complexity index is 3420. The van der Waals surface area contributed by atoms with Gasteiger partial charge < -0.3 is 22.9 Å². The molecule has 8 aliphatic carbocycles. The predicted molar refractivity (Wildman–Crippen MR) is 293 cm³/mol. The van der Waals surface area contributed by atoms with Crippen molar-refractivity contribution < 1.29 is 26.0 Å². The van der Waals surface area contributed by atoms with Crippen LogP contribution >= 0.6 is 46.4 Å². The molecule has 4 aromatic carbocycles. The molecule has 0 aromatic heterocycles. The maximum atomic E-state index is 11.6. The second kappa shape index (κ2) is 21.0. The number of benzene rings is 4. The van der Waals surface area contributed by atoms with E-state index in [1.165, 1.54) is 5.57 Å². The van der Waals surface area contributed by atoms with Gasteiger partial charge in [0, 0.05) is 20.1 Å². The third kappa shape index (κ3) is 9.98. The molecular weight excluding hydrogens is 982 g/mol. The van der Waals surface area contributed by atoms with Crippen molar-refractivity contribution in [1.29, 1.82) is 0 Å². The van der Waals surface area contributed by atoms with Crippen LogP contribution in [0.25, 0.3) is 22.3 Å². The molecule has 376 valence electrons. The Morgan fingerprint density at radius 3 is 1.28 bits per heavy atom. The van der Waals surface area contributed by atoms with E-state index in [1.807, 2.05) is 39.0 Å². The van der Waals surface area contributed by atoms with Gasteiger partial charge in [-0.3, -0.25) is 19.2 Å². The third-order valence-electron chi connectivity index (χ3n) is 16.2. The number of fused-ring (bicyclic) bond motifs is 8. The summed E-state index contributed by atoms with van der Waals surface area (Å²) in [6.07, 6.45) is 13.5. The molecule has 0 aliphatic heterocycles. The molecule has 4 unspecified atom stereocenters. The van der Waals surface area contributed by atoms with E-state index in [-0.39, 0.29) is 47.3 Å². The zero-order valence-corrected chi connectivity index (χ0v) is 44.3. The number of rotatable bonds is 4.